The van der Waals surface area contributed by atoms with E-state index in [2.05, 4.69) is 15.9 Å². The van der Waals surface area contributed by atoms with Gasteiger partial charge in [-0.15, -0.1) is 0 Å². The van der Waals surface area contributed by atoms with Crippen molar-refractivity contribution in [2.75, 3.05) is 7.11 Å². The molecule has 1 rings (SSSR count). The summed E-state index contributed by atoms with van der Waals surface area (Å²) in [6, 6.07) is 5.16. The molecule has 0 saturated heterocycles. The fourth-order valence-electron chi connectivity index (χ4n) is 1.24. The second-order valence-electron chi connectivity index (χ2n) is 2.79. The highest BCUT2D eigenvalue weighted by Gasteiger charge is 2.15. The minimum Gasteiger partial charge on any atom is -0.495 e. The van der Waals surface area contributed by atoms with Gasteiger partial charge >= 0.3 is 5.97 Å². The molecule has 1 aromatic rings. The van der Waals surface area contributed by atoms with Crippen molar-refractivity contribution in [3.05, 3.63) is 27.7 Å². The van der Waals surface area contributed by atoms with Gasteiger partial charge in [0.1, 0.15) is 11.8 Å². The van der Waals surface area contributed by atoms with E-state index in [4.69, 9.17) is 15.1 Å². The topological polar surface area (TPSA) is 70.3 Å². The van der Waals surface area contributed by atoms with Crippen LogP contribution in [-0.2, 0) is 11.2 Å². The van der Waals surface area contributed by atoms with Crippen molar-refractivity contribution < 1.29 is 14.6 Å². The molecule has 4 nitrogen and oxygen atoms in total. The second-order valence-corrected chi connectivity index (χ2v) is 3.64. The van der Waals surface area contributed by atoms with E-state index in [1.54, 1.807) is 12.1 Å². The first-order chi connectivity index (χ1) is 7.10. The second kappa shape index (κ2) is 4.80. The summed E-state index contributed by atoms with van der Waals surface area (Å²) in [7, 11) is 1.41. The summed E-state index contributed by atoms with van der Waals surface area (Å²) in [5.74, 6) is -0.654. The molecule has 0 aromatic heterocycles. The van der Waals surface area contributed by atoms with Gasteiger partial charge in [-0.25, -0.2) is 0 Å². The average molecular weight is 270 g/mol. The molecule has 0 radical (unpaired) electrons. The Morgan fingerprint density at radius 2 is 2.33 bits per heavy atom. The molecule has 0 bridgehead atoms. The quantitative estimate of drug-likeness (QED) is 0.911. The maximum Gasteiger partial charge on any atom is 0.308 e. The lowest BCUT2D eigenvalue weighted by molar-refractivity contribution is -0.136. The molecule has 0 saturated carbocycles. The van der Waals surface area contributed by atoms with Crippen LogP contribution in [0.4, 0.5) is 0 Å². The number of carbonyl (C=O) groups is 1. The lowest BCUT2D eigenvalue weighted by Gasteiger charge is -2.10. The number of hydrogen-bond donors (Lipinski definition) is 1. The molecule has 15 heavy (non-hydrogen) atoms. The van der Waals surface area contributed by atoms with E-state index in [1.807, 2.05) is 6.07 Å². The van der Waals surface area contributed by atoms with Gasteiger partial charge in [0.2, 0.25) is 0 Å². The maximum absolute atomic E-state index is 10.6. The number of ether oxygens (including phenoxy) is 1. The normalized spacial score (nSPS) is 9.40. The number of halogens is 1. The Labute approximate surface area is 95.2 Å². The molecule has 1 aromatic carbocycles. The third-order valence-electron chi connectivity index (χ3n) is 1.86. The molecule has 0 amide bonds. The first kappa shape index (κ1) is 11.5. The van der Waals surface area contributed by atoms with E-state index < -0.39 is 5.97 Å². The van der Waals surface area contributed by atoms with Gasteiger partial charge in [0, 0.05) is 10.0 Å². The molecular weight excluding hydrogens is 262 g/mol. The Morgan fingerprint density at radius 3 is 2.80 bits per heavy atom. The number of aliphatic carboxylic acids is 1. The molecule has 1 N–H and O–H groups in total. The fourth-order valence-corrected chi connectivity index (χ4v) is 1.69. The van der Waals surface area contributed by atoms with Crippen molar-refractivity contribution in [3.63, 3.8) is 0 Å². The lowest BCUT2D eigenvalue weighted by atomic mass is 10.1. The van der Waals surface area contributed by atoms with Crippen molar-refractivity contribution in [2.45, 2.75) is 6.42 Å². The summed E-state index contributed by atoms with van der Waals surface area (Å²) >= 11 is 3.23. The Kier molecular flexibility index (Phi) is 3.69. The first-order valence-electron chi connectivity index (χ1n) is 4.07. The molecule has 0 unspecified atom stereocenters. The predicted octanol–water partition coefficient (Wildman–Crippen LogP) is 1.96. The standard InChI is InChI=1S/C10H8BrNO3/c1-15-10-6(5-12)2-3-8(11)7(10)4-9(13)14/h2-3H,4H2,1H3,(H,13,14). The van der Waals surface area contributed by atoms with Crippen molar-refractivity contribution in [3.8, 4) is 11.8 Å². The van der Waals surface area contributed by atoms with Crippen LogP contribution in [0.5, 0.6) is 5.75 Å². The van der Waals surface area contributed by atoms with Crippen LogP contribution in [0.25, 0.3) is 0 Å². The van der Waals surface area contributed by atoms with Gasteiger partial charge in [-0.05, 0) is 12.1 Å². The first-order valence-corrected chi connectivity index (χ1v) is 4.86. The van der Waals surface area contributed by atoms with Gasteiger partial charge in [-0.2, -0.15) is 5.26 Å². The van der Waals surface area contributed by atoms with E-state index in [1.165, 1.54) is 7.11 Å². The molecule has 0 aliphatic carbocycles. The summed E-state index contributed by atoms with van der Waals surface area (Å²) in [6.45, 7) is 0. The Balaban J connectivity index is 3.33. The third-order valence-corrected chi connectivity index (χ3v) is 2.60. The number of hydrogen-bond acceptors (Lipinski definition) is 3. The number of carboxylic acid groups (broad SMARTS) is 1. The van der Waals surface area contributed by atoms with Crippen LogP contribution in [0, 0.1) is 11.3 Å². The van der Waals surface area contributed by atoms with Gasteiger partial charge in [-0.3, -0.25) is 4.79 Å². The summed E-state index contributed by atoms with van der Waals surface area (Å²) < 4.78 is 5.66. The van der Waals surface area contributed by atoms with E-state index in [0.29, 0.717) is 21.3 Å². The Morgan fingerprint density at radius 1 is 1.67 bits per heavy atom. The van der Waals surface area contributed by atoms with E-state index in [9.17, 15) is 4.79 Å². The fraction of sp³-hybridized carbons (Fsp3) is 0.200. The molecule has 5 heteroatoms. The molecular formula is C10H8BrNO3. The minimum absolute atomic E-state index is 0.181. The number of carboxylic acids is 1. The predicted molar refractivity (Wildman–Crippen MR) is 56.7 cm³/mol. The highest BCUT2D eigenvalue weighted by molar-refractivity contribution is 9.10. The number of nitrogens with zero attached hydrogens (tertiary/aromatic N) is 1. The molecule has 0 spiro atoms. The van der Waals surface area contributed by atoms with Crippen molar-refractivity contribution in [2.24, 2.45) is 0 Å². The van der Waals surface area contributed by atoms with Crippen molar-refractivity contribution in [1.29, 1.82) is 5.26 Å². The molecule has 0 fully saturated rings. The number of nitriles is 1. The van der Waals surface area contributed by atoms with Gasteiger partial charge in [-0.1, -0.05) is 15.9 Å². The SMILES string of the molecule is COc1c(C#N)ccc(Br)c1CC(=O)O. The molecule has 78 valence electrons. The molecule has 0 heterocycles. The average Bonchev–Trinajstić information content (AvgIpc) is 2.20. The zero-order valence-electron chi connectivity index (χ0n) is 7.95. The molecule has 0 aliphatic heterocycles. The van der Waals surface area contributed by atoms with Crippen LogP contribution in [0.15, 0.2) is 16.6 Å². The summed E-state index contributed by atoms with van der Waals surface area (Å²) in [5.41, 5.74) is 0.806. The molecule has 0 aliphatic rings. The van der Waals surface area contributed by atoms with Crippen LogP contribution in [0.1, 0.15) is 11.1 Å². The zero-order valence-corrected chi connectivity index (χ0v) is 9.54. The summed E-state index contributed by atoms with van der Waals surface area (Å²) in [5, 5.41) is 17.5. The number of methoxy groups -OCH3 is 1. The smallest absolute Gasteiger partial charge is 0.308 e. The van der Waals surface area contributed by atoms with Gasteiger partial charge in [0.25, 0.3) is 0 Å². The van der Waals surface area contributed by atoms with Crippen molar-refractivity contribution >= 4 is 21.9 Å². The highest BCUT2D eigenvalue weighted by atomic mass is 79.9. The van der Waals surface area contributed by atoms with Crippen LogP contribution in [-0.4, -0.2) is 18.2 Å². The zero-order chi connectivity index (χ0) is 11.4. The Hall–Kier alpha value is -1.54. The van der Waals surface area contributed by atoms with E-state index >= 15 is 0 Å². The van der Waals surface area contributed by atoms with Gasteiger partial charge < -0.3 is 9.84 Å². The largest absolute Gasteiger partial charge is 0.495 e. The highest BCUT2D eigenvalue weighted by Crippen LogP contribution is 2.30. The van der Waals surface area contributed by atoms with Gasteiger partial charge in [0.15, 0.2) is 0 Å². The van der Waals surface area contributed by atoms with Crippen LogP contribution in [0.3, 0.4) is 0 Å². The van der Waals surface area contributed by atoms with E-state index in [-0.39, 0.29) is 6.42 Å². The van der Waals surface area contributed by atoms with Crippen LogP contribution < -0.4 is 4.74 Å². The maximum atomic E-state index is 10.6. The van der Waals surface area contributed by atoms with Crippen LogP contribution in [0.2, 0.25) is 0 Å². The monoisotopic (exact) mass is 269 g/mol. The lowest BCUT2D eigenvalue weighted by Crippen LogP contribution is -2.04. The third kappa shape index (κ3) is 2.48. The summed E-state index contributed by atoms with van der Waals surface area (Å²) in [6.07, 6.45) is -0.181. The number of rotatable bonds is 3. The number of benzene rings is 1. The van der Waals surface area contributed by atoms with Crippen LogP contribution >= 0.6 is 15.9 Å². The van der Waals surface area contributed by atoms with Crippen molar-refractivity contribution in [1.82, 2.24) is 0 Å². The Bertz CT molecular complexity index is 437. The summed E-state index contributed by atoms with van der Waals surface area (Å²) in [4.78, 5) is 10.6. The minimum atomic E-state index is -0.968. The van der Waals surface area contributed by atoms with E-state index in [0.717, 1.165) is 0 Å². The molecule has 0 atom stereocenters. The van der Waals surface area contributed by atoms with Gasteiger partial charge in [0.05, 0.1) is 19.1 Å².